The topological polar surface area (TPSA) is 18.5 Å². The summed E-state index contributed by atoms with van der Waals surface area (Å²) < 4.78 is 64.4. The van der Waals surface area contributed by atoms with E-state index >= 15 is 0 Å². The molecule has 1 aliphatic rings. The molecule has 2 nitrogen and oxygen atoms in total. The highest BCUT2D eigenvalue weighted by Gasteiger charge is 2.43. The van der Waals surface area contributed by atoms with Crippen LogP contribution in [-0.4, -0.2) is 6.29 Å². The van der Waals surface area contributed by atoms with E-state index in [-0.39, 0.29) is 28.9 Å². The maximum atomic E-state index is 14.2. The van der Waals surface area contributed by atoms with E-state index < -0.39 is 18.3 Å². The smallest absolute Gasteiger partial charge is 0.395 e. The van der Waals surface area contributed by atoms with Crippen LogP contribution in [0.5, 0.6) is 11.5 Å². The highest BCUT2D eigenvalue weighted by Crippen LogP contribution is 2.45. The summed E-state index contributed by atoms with van der Waals surface area (Å²) in [6.45, 7) is 6.18. The molecular weight excluding hydrogens is 432 g/mol. The molecule has 172 valence electrons. The molecule has 0 aliphatic carbocycles. The van der Waals surface area contributed by atoms with Crippen LogP contribution in [0.4, 0.5) is 17.6 Å². The molecule has 1 unspecified atom stereocenters. The maximum Gasteiger partial charge on any atom is 0.586 e. The molecule has 0 spiro atoms. The van der Waals surface area contributed by atoms with E-state index in [0.717, 1.165) is 11.1 Å². The Balaban J connectivity index is 1.72. The molecule has 0 bridgehead atoms. The minimum absolute atomic E-state index is 0.0166. The molecule has 4 rings (SSSR count). The number of fused-ring (bicyclic) bond motifs is 1. The fourth-order valence-corrected chi connectivity index (χ4v) is 3.98. The van der Waals surface area contributed by atoms with Crippen molar-refractivity contribution in [2.75, 3.05) is 0 Å². The van der Waals surface area contributed by atoms with Crippen LogP contribution >= 0.6 is 0 Å². The van der Waals surface area contributed by atoms with Gasteiger partial charge in [-0.05, 0) is 46.2 Å². The van der Waals surface area contributed by atoms with Crippen molar-refractivity contribution in [1.29, 1.82) is 0 Å². The zero-order chi connectivity index (χ0) is 23.8. The molecule has 0 radical (unpaired) electrons. The number of hydrogen-bond acceptors (Lipinski definition) is 2. The van der Waals surface area contributed by atoms with Crippen LogP contribution in [0.3, 0.4) is 0 Å². The molecule has 3 aromatic rings. The fraction of sp³-hybridized carbons (Fsp3) is 0.259. The third kappa shape index (κ3) is 5.05. The zero-order valence-electron chi connectivity index (χ0n) is 18.5. The zero-order valence-corrected chi connectivity index (χ0v) is 18.5. The Hall–Kier alpha value is -3.28. The molecule has 6 heteroatoms. The van der Waals surface area contributed by atoms with Crippen molar-refractivity contribution in [3.63, 3.8) is 0 Å². The minimum atomic E-state index is -3.74. The average molecular weight is 456 g/mol. The second kappa shape index (κ2) is 8.58. The van der Waals surface area contributed by atoms with Crippen LogP contribution in [0, 0.1) is 0 Å². The predicted octanol–water partition coefficient (Wildman–Crippen LogP) is 8.14. The molecule has 1 heterocycles. The summed E-state index contributed by atoms with van der Waals surface area (Å²) in [7, 11) is 0. The largest absolute Gasteiger partial charge is 0.586 e. The summed E-state index contributed by atoms with van der Waals surface area (Å²) in [6, 6.07) is 20.7. The lowest BCUT2D eigenvalue weighted by molar-refractivity contribution is -0.286. The second-order valence-electron chi connectivity index (χ2n) is 9.11. The molecular formula is C27H24F4O2. The molecule has 0 N–H and O–H groups in total. The van der Waals surface area contributed by atoms with Crippen molar-refractivity contribution >= 4 is 5.57 Å². The van der Waals surface area contributed by atoms with Gasteiger partial charge in [0.05, 0.1) is 0 Å². The first-order valence-corrected chi connectivity index (χ1v) is 10.6. The van der Waals surface area contributed by atoms with Crippen molar-refractivity contribution < 1.29 is 27.0 Å². The van der Waals surface area contributed by atoms with E-state index in [0.29, 0.717) is 11.1 Å². The predicted molar refractivity (Wildman–Crippen MR) is 120 cm³/mol. The van der Waals surface area contributed by atoms with Crippen LogP contribution in [0.25, 0.3) is 5.57 Å². The molecule has 0 fully saturated rings. The summed E-state index contributed by atoms with van der Waals surface area (Å²) in [5.74, 6) is -0.701. The third-order valence-electron chi connectivity index (χ3n) is 5.77. The molecule has 33 heavy (non-hydrogen) atoms. The Labute approximate surface area is 190 Å². The van der Waals surface area contributed by atoms with Gasteiger partial charge in [0, 0.05) is 11.5 Å². The van der Waals surface area contributed by atoms with Crippen molar-refractivity contribution in [3.8, 4) is 11.5 Å². The monoisotopic (exact) mass is 456 g/mol. The lowest BCUT2D eigenvalue weighted by Crippen LogP contribution is -2.25. The van der Waals surface area contributed by atoms with Gasteiger partial charge in [-0.15, -0.1) is 8.78 Å². The lowest BCUT2D eigenvalue weighted by Gasteiger charge is -2.22. The quantitative estimate of drug-likeness (QED) is 0.361. The summed E-state index contributed by atoms with van der Waals surface area (Å²) in [4.78, 5) is 0. The SMILES string of the molecule is CC(C)(C)c1ccc(C(CC(c2ccccc2)c2ccc3c(c2)OC(F)(F)O3)=C(F)F)cc1. The van der Waals surface area contributed by atoms with Crippen LogP contribution in [0.15, 0.2) is 78.9 Å². The lowest BCUT2D eigenvalue weighted by atomic mass is 9.83. The van der Waals surface area contributed by atoms with E-state index in [4.69, 9.17) is 0 Å². The Morgan fingerprint density at radius 2 is 1.45 bits per heavy atom. The highest BCUT2D eigenvalue weighted by atomic mass is 19.3. The van der Waals surface area contributed by atoms with Crippen molar-refractivity contribution in [2.45, 2.75) is 44.8 Å². The Morgan fingerprint density at radius 3 is 2.06 bits per heavy atom. The number of alkyl halides is 2. The molecule has 3 aromatic carbocycles. The van der Waals surface area contributed by atoms with E-state index in [9.17, 15) is 17.6 Å². The van der Waals surface area contributed by atoms with Gasteiger partial charge in [0.1, 0.15) is 0 Å². The first-order chi connectivity index (χ1) is 15.5. The molecule has 1 atom stereocenters. The van der Waals surface area contributed by atoms with Gasteiger partial charge >= 0.3 is 6.29 Å². The van der Waals surface area contributed by atoms with E-state index in [1.165, 1.54) is 12.1 Å². The van der Waals surface area contributed by atoms with Gasteiger partial charge in [0.2, 0.25) is 0 Å². The maximum absolute atomic E-state index is 14.2. The number of rotatable bonds is 5. The van der Waals surface area contributed by atoms with Crippen LogP contribution in [-0.2, 0) is 5.41 Å². The molecule has 0 amide bonds. The third-order valence-corrected chi connectivity index (χ3v) is 5.77. The highest BCUT2D eigenvalue weighted by molar-refractivity contribution is 5.68. The van der Waals surface area contributed by atoms with E-state index in [2.05, 4.69) is 30.2 Å². The second-order valence-corrected chi connectivity index (χ2v) is 9.11. The summed E-state index contributed by atoms with van der Waals surface area (Å²) in [5.41, 5.74) is 2.64. The van der Waals surface area contributed by atoms with Gasteiger partial charge in [-0.2, -0.15) is 8.78 Å². The van der Waals surface area contributed by atoms with Crippen molar-refractivity contribution in [3.05, 3.63) is 101 Å². The average Bonchev–Trinajstić information content (AvgIpc) is 3.07. The van der Waals surface area contributed by atoms with Gasteiger partial charge in [-0.1, -0.05) is 81.4 Å². The summed E-state index contributed by atoms with van der Waals surface area (Å²) in [6.07, 6.45) is -5.53. The van der Waals surface area contributed by atoms with Crippen molar-refractivity contribution in [1.82, 2.24) is 0 Å². The Kier molecular flexibility index (Phi) is 5.95. The Bertz CT molecular complexity index is 1160. The summed E-state index contributed by atoms with van der Waals surface area (Å²) >= 11 is 0. The number of hydrogen-bond donors (Lipinski definition) is 0. The molecule has 0 saturated carbocycles. The summed E-state index contributed by atoms with van der Waals surface area (Å²) in [5, 5.41) is 0. The van der Waals surface area contributed by atoms with Gasteiger partial charge in [-0.3, -0.25) is 0 Å². The Morgan fingerprint density at radius 1 is 0.818 bits per heavy atom. The van der Waals surface area contributed by atoms with Gasteiger partial charge in [0.25, 0.3) is 6.08 Å². The normalized spacial score (nSPS) is 15.2. The molecule has 0 saturated heterocycles. The number of halogens is 4. The molecule has 1 aliphatic heterocycles. The van der Waals surface area contributed by atoms with Gasteiger partial charge in [-0.25, -0.2) is 0 Å². The van der Waals surface area contributed by atoms with Crippen LogP contribution in [0.1, 0.15) is 55.4 Å². The first kappa shape index (κ1) is 22.9. The standard InChI is InChI=1S/C27H24F4O2/c1-26(2,3)20-12-9-18(10-13-20)22(25(28)29)16-21(17-7-5-4-6-8-17)19-11-14-23-24(15-19)33-27(30,31)32-23/h4-15,21H,16H2,1-3H3. The molecule has 0 aromatic heterocycles. The van der Waals surface area contributed by atoms with Gasteiger partial charge < -0.3 is 9.47 Å². The van der Waals surface area contributed by atoms with E-state index in [1.807, 2.05) is 42.5 Å². The number of ether oxygens (including phenoxy) is 2. The number of benzene rings is 3. The van der Waals surface area contributed by atoms with Gasteiger partial charge in [0.15, 0.2) is 11.5 Å². The van der Waals surface area contributed by atoms with Crippen LogP contribution in [0.2, 0.25) is 0 Å². The first-order valence-electron chi connectivity index (χ1n) is 10.6. The van der Waals surface area contributed by atoms with Crippen molar-refractivity contribution in [2.24, 2.45) is 0 Å². The minimum Gasteiger partial charge on any atom is -0.395 e. The van der Waals surface area contributed by atoms with E-state index in [1.54, 1.807) is 18.2 Å². The number of allylic oxidation sites excluding steroid dienone is 1. The fourth-order valence-electron chi connectivity index (χ4n) is 3.98. The van der Waals surface area contributed by atoms with Crippen LogP contribution < -0.4 is 9.47 Å².